The van der Waals surface area contributed by atoms with Gasteiger partial charge in [-0.05, 0) is 38.8 Å². The Morgan fingerprint density at radius 1 is 1.19 bits per heavy atom. The van der Waals surface area contributed by atoms with Crippen molar-refractivity contribution in [3.05, 3.63) is 0 Å². The molecule has 120 valence electrons. The molecule has 0 atom stereocenters. The van der Waals surface area contributed by atoms with Gasteiger partial charge in [0.25, 0.3) is 0 Å². The fraction of sp³-hybridized carbons (Fsp3) is 0.867. The third-order valence-corrected chi connectivity index (χ3v) is 4.31. The average Bonchev–Trinajstić information content (AvgIpc) is 2.49. The lowest BCUT2D eigenvalue weighted by atomic mass is 10.1. The van der Waals surface area contributed by atoms with Gasteiger partial charge >= 0.3 is 5.97 Å². The average molecular weight is 297 g/mol. The highest BCUT2D eigenvalue weighted by Crippen LogP contribution is 2.10. The fourth-order valence-electron chi connectivity index (χ4n) is 2.87. The molecule has 1 amide bonds. The molecule has 0 aromatic heterocycles. The molecule has 6 nitrogen and oxygen atoms in total. The van der Waals surface area contributed by atoms with Crippen LogP contribution in [0.25, 0.3) is 0 Å². The molecule has 2 fully saturated rings. The van der Waals surface area contributed by atoms with E-state index in [0.29, 0.717) is 32.0 Å². The molecule has 0 bridgehead atoms. The Morgan fingerprint density at radius 3 is 2.67 bits per heavy atom. The normalized spacial score (nSPS) is 21.6. The summed E-state index contributed by atoms with van der Waals surface area (Å²) in [6, 6.07) is 0.315. The van der Waals surface area contributed by atoms with Gasteiger partial charge < -0.3 is 20.3 Å². The van der Waals surface area contributed by atoms with Crippen LogP contribution in [-0.4, -0.2) is 67.0 Å². The van der Waals surface area contributed by atoms with Crippen LogP contribution in [-0.2, 0) is 14.3 Å². The highest BCUT2D eigenvalue weighted by Gasteiger charge is 2.19. The van der Waals surface area contributed by atoms with Crippen molar-refractivity contribution in [1.29, 1.82) is 0 Å². The molecular formula is C15H27N3O3. The monoisotopic (exact) mass is 297 g/mol. The van der Waals surface area contributed by atoms with E-state index in [4.69, 9.17) is 10.5 Å². The molecule has 0 unspecified atom stereocenters. The minimum Gasteiger partial charge on any atom is -0.464 e. The lowest BCUT2D eigenvalue weighted by Gasteiger charge is -2.29. The summed E-state index contributed by atoms with van der Waals surface area (Å²) in [5.41, 5.74) is 5.85. The van der Waals surface area contributed by atoms with Crippen molar-refractivity contribution in [3.8, 4) is 0 Å². The maximum absolute atomic E-state index is 11.7. The first-order chi connectivity index (χ1) is 10.1. The molecule has 2 N–H and O–H groups in total. The van der Waals surface area contributed by atoms with Crippen LogP contribution in [0.3, 0.4) is 0 Å². The molecule has 0 radical (unpaired) electrons. The van der Waals surface area contributed by atoms with E-state index in [-0.39, 0.29) is 11.9 Å². The molecule has 0 spiro atoms. The summed E-state index contributed by atoms with van der Waals surface area (Å²) >= 11 is 0. The lowest BCUT2D eigenvalue weighted by Crippen LogP contribution is -2.40. The van der Waals surface area contributed by atoms with E-state index < -0.39 is 0 Å². The van der Waals surface area contributed by atoms with Gasteiger partial charge in [-0.3, -0.25) is 9.59 Å². The van der Waals surface area contributed by atoms with E-state index >= 15 is 0 Å². The Labute approximate surface area is 126 Å². The number of likely N-dealkylation sites (tertiary alicyclic amines) is 2. The summed E-state index contributed by atoms with van der Waals surface area (Å²) in [4.78, 5) is 27.4. The van der Waals surface area contributed by atoms with Gasteiger partial charge in [-0.2, -0.15) is 0 Å². The Bertz CT molecular complexity index is 354. The first kappa shape index (κ1) is 16.2. The van der Waals surface area contributed by atoms with Crippen molar-refractivity contribution in [3.63, 3.8) is 0 Å². The largest absolute Gasteiger partial charge is 0.464 e. The number of carbonyl (C=O) groups is 2. The zero-order valence-electron chi connectivity index (χ0n) is 12.8. The summed E-state index contributed by atoms with van der Waals surface area (Å²) in [7, 11) is 0. The highest BCUT2D eigenvalue weighted by atomic mass is 16.5. The minimum absolute atomic E-state index is 0.172. The first-order valence-corrected chi connectivity index (χ1v) is 8.06. The molecule has 6 heteroatoms. The number of piperidine rings is 2. The van der Waals surface area contributed by atoms with E-state index in [1.807, 2.05) is 0 Å². The predicted molar refractivity (Wildman–Crippen MR) is 79.7 cm³/mol. The van der Waals surface area contributed by atoms with Crippen molar-refractivity contribution in [1.82, 2.24) is 9.80 Å². The molecule has 2 saturated heterocycles. The van der Waals surface area contributed by atoms with Gasteiger partial charge in [0.15, 0.2) is 0 Å². The summed E-state index contributed by atoms with van der Waals surface area (Å²) in [6.45, 7) is 4.32. The van der Waals surface area contributed by atoms with Gasteiger partial charge in [-0.1, -0.05) is 0 Å². The molecule has 2 aliphatic heterocycles. The van der Waals surface area contributed by atoms with Gasteiger partial charge in [-0.15, -0.1) is 0 Å². The molecule has 21 heavy (non-hydrogen) atoms. The van der Waals surface area contributed by atoms with Gasteiger partial charge in [-0.25, -0.2) is 0 Å². The second kappa shape index (κ2) is 8.34. The van der Waals surface area contributed by atoms with E-state index in [2.05, 4.69) is 4.90 Å². The number of amides is 1. The van der Waals surface area contributed by atoms with Crippen LogP contribution in [0, 0.1) is 0 Å². The predicted octanol–water partition coefficient (Wildman–Crippen LogP) is 0.355. The number of rotatable bonds is 6. The number of hydrogen-bond donors (Lipinski definition) is 1. The standard InChI is InChI=1S/C15H27N3O3/c16-13-4-8-17(9-5-13)10-6-15(20)21-12-11-18-7-2-1-3-14(18)19/h13H,1-12,16H2. The number of nitrogens with two attached hydrogens (primary N) is 1. The number of ether oxygens (including phenoxy) is 1. The third kappa shape index (κ3) is 5.63. The molecule has 2 rings (SSSR count). The van der Waals surface area contributed by atoms with Crippen molar-refractivity contribution >= 4 is 11.9 Å². The van der Waals surface area contributed by atoms with Crippen molar-refractivity contribution in [2.75, 3.05) is 39.3 Å². The van der Waals surface area contributed by atoms with Crippen LogP contribution in [0.2, 0.25) is 0 Å². The van der Waals surface area contributed by atoms with Crippen LogP contribution in [0.5, 0.6) is 0 Å². The molecule has 0 aromatic carbocycles. The van der Waals surface area contributed by atoms with Crippen molar-refractivity contribution in [2.45, 2.75) is 44.6 Å². The Kier molecular flexibility index (Phi) is 6.45. The molecule has 2 aliphatic rings. The van der Waals surface area contributed by atoms with Gasteiger partial charge in [0.1, 0.15) is 6.61 Å². The maximum atomic E-state index is 11.7. The number of hydrogen-bond acceptors (Lipinski definition) is 5. The number of carbonyl (C=O) groups excluding carboxylic acids is 2. The maximum Gasteiger partial charge on any atom is 0.307 e. The SMILES string of the molecule is NC1CCN(CCC(=O)OCCN2CCCCC2=O)CC1. The van der Waals surface area contributed by atoms with Gasteiger partial charge in [0.05, 0.1) is 13.0 Å². The van der Waals surface area contributed by atoms with E-state index in [9.17, 15) is 9.59 Å². The van der Waals surface area contributed by atoms with E-state index in [1.165, 1.54) is 0 Å². The smallest absolute Gasteiger partial charge is 0.307 e. The van der Waals surface area contributed by atoms with Gasteiger partial charge in [0.2, 0.25) is 5.91 Å². The first-order valence-electron chi connectivity index (χ1n) is 8.06. The zero-order chi connectivity index (χ0) is 15.1. The Balaban J connectivity index is 1.54. The summed E-state index contributed by atoms with van der Waals surface area (Å²) in [5.74, 6) is 0.0104. The second-order valence-corrected chi connectivity index (χ2v) is 5.99. The summed E-state index contributed by atoms with van der Waals surface area (Å²) in [6.07, 6.45) is 5.10. The summed E-state index contributed by atoms with van der Waals surface area (Å²) < 4.78 is 5.22. The van der Waals surface area contributed by atoms with E-state index in [1.54, 1.807) is 4.90 Å². The van der Waals surface area contributed by atoms with Crippen LogP contribution >= 0.6 is 0 Å². The lowest BCUT2D eigenvalue weighted by molar-refractivity contribution is -0.146. The van der Waals surface area contributed by atoms with Gasteiger partial charge in [0, 0.05) is 25.6 Å². The van der Waals surface area contributed by atoms with Crippen LogP contribution in [0.1, 0.15) is 38.5 Å². The van der Waals surface area contributed by atoms with Crippen molar-refractivity contribution < 1.29 is 14.3 Å². The topological polar surface area (TPSA) is 75.9 Å². The second-order valence-electron chi connectivity index (χ2n) is 5.99. The molecule has 0 saturated carbocycles. The molecular weight excluding hydrogens is 270 g/mol. The Hall–Kier alpha value is -1.14. The Morgan fingerprint density at radius 2 is 1.95 bits per heavy atom. The van der Waals surface area contributed by atoms with Crippen LogP contribution in [0.15, 0.2) is 0 Å². The summed E-state index contributed by atoms with van der Waals surface area (Å²) in [5, 5.41) is 0. The van der Waals surface area contributed by atoms with E-state index in [0.717, 1.165) is 51.9 Å². The molecule has 0 aromatic rings. The third-order valence-electron chi connectivity index (χ3n) is 4.31. The quantitative estimate of drug-likeness (QED) is 0.716. The fourth-order valence-corrected chi connectivity index (χ4v) is 2.87. The van der Waals surface area contributed by atoms with Crippen LogP contribution in [0.4, 0.5) is 0 Å². The molecule has 0 aliphatic carbocycles. The van der Waals surface area contributed by atoms with Crippen molar-refractivity contribution in [2.24, 2.45) is 5.73 Å². The molecule has 2 heterocycles. The number of nitrogens with zero attached hydrogens (tertiary/aromatic N) is 2. The zero-order valence-corrected chi connectivity index (χ0v) is 12.8. The highest BCUT2D eigenvalue weighted by molar-refractivity contribution is 5.76. The minimum atomic E-state index is -0.172. The van der Waals surface area contributed by atoms with Crippen LogP contribution < -0.4 is 5.73 Å². The number of esters is 1.